The summed E-state index contributed by atoms with van der Waals surface area (Å²) in [6.07, 6.45) is 2.39. The van der Waals surface area contributed by atoms with Crippen molar-refractivity contribution in [2.24, 2.45) is 0 Å². The van der Waals surface area contributed by atoms with E-state index in [1.54, 1.807) is 6.20 Å². The van der Waals surface area contributed by atoms with Crippen LogP contribution in [-0.4, -0.2) is 16.1 Å². The van der Waals surface area contributed by atoms with Gasteiger partial charge in [0.15, 0.2) is 0 Å². The summed E-state index contributed by atoms with van der Waals surface area (Å²) in [6.45, 7) is 2.44. The molecule has 4 nitrogen and oxygen atoms in total. The highest BCUT2D eigenvalue weighted by molar-refractivity contribution is 7.11. The predicted octanol–water partition coefficient (Wildman–Crippen LogP) is 3.05. The zero-order valence-electron chi connectivity index (χ0n) is 10.6. The number of aliphatic carboxylic acids is 1. The maximum atomic E-state index is 10.5. The van der Waals surface area contributed by atoms with Crippen molar-refractivity contribution < 1.29 is 14.6 Å². The van der Waals surface area contributed by atoms with Gasteiger partial charge in [-0.15, -0.1) is 11.3 Å². The number of thiazole rings is 1. The lowest BCUT2D eigenvalue weighted by molar-refractivity contribution is -0.136. The van der Waals surface area contributed by atoms with Gasteiger partial charge in [0.2, 0.25) is 0 Å². The number of benzene rings is 1. The average Bonchev–Trinajstić information content (AvgIpc) is 2.84. The van der Waals surface area contributed by atoms with Crippen molar-refractivity contribution in [1.82, 2.24) is 4.98 Å². The molecule has 100 valence electrons. The maximum absolute atomic E-state index is 10.5. The second kappa shape index (κ2) is 6.33. The molecule has 0 saturated carbocycles. The number of hydrogen-bond acceptors (Lipinski definition) is 4. The van der Waals surface area contributed by atoms with Gasteiger partial charge in [-0.3, -0.25) is 4.79 Å². The van der Waals surface area contributed by atoms with E-state index in [9.17, 15) is 4.79 Å². The van der Waals surface area contributed by atoms with Gasteiger partial charge in [-0.2, -0.15) is 0 Å². The van der Waals surface area contributed by atoms with Crippen molar-refractivity contribution in [2.75, 3.05) is 0 Å². The van der Waals surface area contributed by atoms with E-state index in [0.717, 1.165) is 15.6 Å². The molecule has 0 saturated heterocycles. The molecular weight excluding hydrogens is 262 g/mol. The SMILES string of the molecule is Cc1ccc(OCc2ncc(CCC(=O)O)s2)cc1. The van der Waals surface area contributed by atoms with Gasteiger partial charge in [-0.05, 0) is 25.5 Å². The maximum Gasteiger partial charge on any atom is 0.303 e. The number of aryl methyl sites for hydroxylation is 2. The molecule has 19 heavy (non-hydrogen) atoms. The fourth-order valence-corrected chi connectivity index (χ4v) is 2.38. The van der Waals surface area contributed by atoms with Crippen molar-refractivity contribution in [3.63, 3.8) is 0 Å². The van der Waals surface area contributed by atoms with Gasteiger partial charge in [0.25, 0.3) is 0 Å². The summed E-state index contributed by atoms with van der Waals surface area (Å²) in [7, 11) is 0. The van der Waals surface area contributed by atoms with Gasteiger partial charge in [0, 0.05) is 11.1 Å². The Labute approximate surface area is 115 Å². The summed E-state index contributed by atoms with van der Waals surface area (Å²) in [5.74, 6) is 0.0266. The normalized spacial score (nSPS) is 10.4. The molecule has 0 aliphatic rings. The molecule has 0 atom stereocenters. The van der Waals surface area contributed by atoms with E-state index in [2.05, 4.69) is 4.98 Å². The molecule has 0 aliphatic carbocycles. The third-order valence-electron chi connectivity index (χ3n) is 2.57. The van der Waals surface area contributed by atoms with Gasteiger partial charge in [0.05, 0.1) is 6.42 Å². The Morgan fingerprint density at radius 1 is 1.37 bits per heavy atom. The number of carbonyl (C=O) groups is 1. The Balaban J connectivity index is 1.86. The van der Waals surface area contributed by atoms with Crippen LogP contribution in [0.15, 0.2) is 30.5 Å². The summed E-state index contributed by atoms with van der Waals surface area (Å²) in [4.78, 5) is 15.7. The van der Waals surface area contributed by atoms with Gasteiger partial charge < -0.3 is 9.84 Å². The van der Waals surface area contributed by atoms with Crippen LogP contribution in [0.3, 0.4) is 0 Å². The minimum atomic E-state index is -0.786. The minimum absolute atomic E-state index is 0.139. The Morgan fingerprint density at radius 3 is 2.79 bits per heavy atom. The summed E-state index contributed by atoms with van der Waals surface area (Å²) in [6, 6.07) is 7.84. The molecule has 0 radical (unpaired) electrons. The number of nitrogens with zero attached hydrogens (tertiary/aromatic N) is 1. The molecule has 1 aromatic carbocycles. The van der Waals surface area contributed by atoms with E-state index in [1.807, 2.05) is 31.2 Å². The van der Waals surface area contributed by atoms with Crippen molar-refractivity contribution >= 4 is 17.3 Å². The molecule has 0 spiro atoms. The van der Waals surface area contributed by atoms with E-state index in [0.29, 0.717) is 13.0 Å². The third kappa shape index (κ3) is 4.37. The number of aromatic nitrogens is 1. The molecule has 0 fully saturated rings. The molecule has 0 aliphatic heterocycles. The molecule has 2 rings (SSSR count). The second-order valence-corrected chi connectivity index (χ2v) is 5.42. The van der Waals surface area contributed by atoms with Gasteiger partial charge in [0.1, 0.15) is 17.4 Å². The van der Waals surface area contributed by atoms with Crippen LogP contribution in [0.4, 0.5) is 0 Å². The van der Waals surface area contributed by atoms with E-state index in [4.69, 9.17) is 9.84 Å². The molecular formula is C14H15NO3S. The summed E-state index contributed by atoms with van der Waals surface area (Å²) >= 11 is 1.50. The van der Waals surface area contributed by atoms with E-state index < -0.39 is 5.97 Å². The van der Waals surface area contributed by atoms with Crippen LogP contribution in [0.5, 0.6) is 5.75 Å². The fraction of sp³-hybridized carbons (Fsp3) is 0.286. The van der Waals surface area contributed by atoms with Crippen LogP contribution >= 0.6 is 11.3 Å². The van der Waals surface area contributed by atoms with Gasteiger partial charge >= 0.3 is 5.97 Å². The van der Waals surface area contributed by atoms with Gasteiger partial charge in [-0.25, -0.2) is 4.98 Å². The Bertz CT molecular complexity index is 548. The largest absolute Gasteiger partial charge is 0.486 e. The van der Waals surface area contributed by atoms with Crippen LogP contribution in [0.2, 0.25) is 0 Å². The lowest BCUT2D eigenvalue weighted by Crippen LogP contribution is -1.95. The van der Waals surface area contributed by atoms with Crippen LogP contribution in [-0.2, 0) is 17.8 Å². The third-order valence-corrected chi connectivity index (χ3v) is 3.60. The monoisotopic (exact) mass is 277 g/mol. The second-order valence-electron chi connectivity index (χ2n) is 4.22. The molecule has 1 heterocycles. The van der Waals surface area contributed by atoms with Crippen LogP contribution in [0.25, 0.3) is 0 Å². The quantitative estimate of drug-likeness (QED) is 0.881. The molecule has 5 heteroatoms. The van der Waals surface area contributed by atoms with E-state index in [-0.39, 0.29) is 6.42 Å². The van der Waals surface area contributed by atoms with Crippen LogP contribution in [0.1, 0.15) is 21.9 Å². The minimum Gasteiger partial charge on any atom is -0.486 e. The predicted molar refractivity (Wildman–Crippen MR) is 73.6 cm³/mol. The first-order valence-corrected chi connectivity index (χ1v) is 6.80. The highest BCUT2D eigenvalue weighted by atomic mass is 32.1. The number of rotatable bonds is 6. The van der Waals surface area contributed by atoms with Crippen molar-refractivity contribution in [3.8, 4) is 5.75 Å². The summed E-state index contributed by atoms with van der Waals surface area (Å²) < 4.78 is 5.62. The van der Waals surface area contributed by atoms with Crippen molar-refractivity contribution in [2.45, 2.75) is 26.4 Å². The molecule has 0 amide bonds. The van der Waals surface area contributed by atoms with Crippen LogP contribution in [0, 0.1) is 6.92 Å². The lowest BCUT2D eigenvalue weighted by Gasteiger charge is -2.03. The molecule has 1 aromatic heterocycles. The molecule has 2 aromatic rings. The highest BCUT2D eigenvalue weighted by Crippen LogP contribution is 2.18. The van der Waals surface area contributed by atoms with E-state index >= 15 is 0 Å². The summed E-state index contributed by atoms with van der Waals surface area (Å²) in [5, 5.41) is 9.48. The molecule has 0 bridgehead atoms. The first-order chi connectivity index (χ1) is 9.13. The Hall–Kier alpha value is -1.88. The van der Waals surface area contributed by atoms with E-state index in [1.165, 1.54) is 16.9 Å². The fourth-order valence-electron chi connectivity index (χ4n) is 1.54. The number of ether oxygens (including phenoxy) is 1. The van der Waals surface area contributed by atoms with Crippen LogP contribution < -0.4 is 4.74 Å². The van der Waals surface area contributed by atoms with Gasteiger partial charge in [-0.1, -0.05) is 17.7 Å². The van der Waals surface area contributed by atoms with Crippen molar-refractivity contribution in [3.05, 3.63) is 45.9 Å². The zero-order valence-corrected chi connectivity index (χ0v) is 11.4. The highest BCUT2D eigenvalue weighted by Gasteiger charge is 2.05. The first kappa shape index (κ1) is 13.5. The topological polar surface area (TPSA) is 59.4 Å². The Morgan fingerprint density at radius 2 is 2.11 bits per heavy atom. The number of carboxylic acid groups (broad SMARTS) is 1. The number of hydrogen-bond donors (Lipinski definition) is 1. The Kier molecular flexibility index (Phi) is 4.52. The first-order valence-electron chi connectivity index (χ1n) is 5.98. The smallest absolute Gasteiger partial charge is 0.303 e. The molecule has 1 N–H and O–H groups in total. The summed E-state index contributed by atoms with van der Waals surface area (Å²) in [5.41, 5.74) is 1.19. The zero-order chi connectivity index (χ0) is 13.7. The number of carboxylic acids is 1. The molecule has 0 unspecified atom stereocenters. The standard InChI is InChI=1S/C14H15NO3S/c1-10-2-4-11(5-3-10)18-9-13-15-8-12(19-13)6-7-14(16)17/h2-5,8H,6-7,9H2,1H3,(H,16,17). The average molecular weight is 277 g/mol. The lowest BCUT2D eigenvalue weighted by atomic mass is 10.2. The van der Waals surface area contributed by atoms with Crippen molar-refractivity contribution in [1.29, 1.82) is 0 Å².